The van der Waals surface area contributed by atoms with Crippen molar-refractivity contribution in [2.24, 2.45) is 5.92 Å². The summed E-state index contributed by atoms with van der Waals surface area (Å²) >= 11 is 0. The van der Waals surface area contributed by atoms with E-state index in [0.29, 0.717) is 28.5 Å². The molecule has 2 N–H and O–H groups in total. The number of benzene rings is 1. The van der Waals surface area contributed by atoms with E-state index in [-0.39, 0.29) is 21.5 Å². The van der Waals surface area contributed by atoms with Crippen LogP contribution < -0.4 is 5.32 Å². The van der Waals surface area contributed by atoms with Crippen LogP contribution in [0.25, 0.3) is 16.8 Å². The lowest BCUT2D eigenvalue weighted by atomic mass is 10.0. The summed E-state index contributed by atoms with van der Waals surface area (Å²) in [7, 11) is -3.93. The van der Waals surface area contributed by atoms with Gasteiger partial charge in [0.25, 0.3) is 0 Å². The molecule has 0 saturated heterocycles. The summed E-state index contributed by atoms with van der Waals surface area (Å²) in [5, 5.41) is 21.2. The van der Waals surface area contributed by atoms with Crippen molar-refractivity contribution in [3.63, 3.8) is 0 Å². The van der Waals surface area contributed by atoms with Crippen molar-refractivity contribution in [1.82, 2.24) is 29.5 Å². The lowest BCUT2D eigenvalue weighted by Gasteiger charge is -2.13. The van der Waals surface area contributed by atoms with Gasteiger partial charge in [0.05, 0.1) is 22.0 Å². The maximum Gasteiger partial charge on any atom is 0.228 e. The van der Waals surface area contributed by atoms with Gasteiger partial charge in [0, 0.05) is 24.9 Å². The molecule has 1 aliphatic carbocycles. The lowest BCUT2D eigenvalue weighted by molar-refractivity contribution is 0.558. The molecule has 2 atom stereocenters. The van der Waals surface area contributed by atoms with E-state index in [2.05, 4.69) is 36.5 Å². The first-order valence-corrected chi connectivity index (χ1v) is 13.6. The number of aryl methyl sites for hydroxylation is 1. The van der Waals surface area contributed by atoms with Crippen LogP contribution >= 0.6 is 0 Å². The normalized spacial score (nSPS) is 17.8. The fraction of sp³-hybridized carbons (Fsp3) is 0.269. The Morgan fingerprint density at radius 1 is 1.19 bits per heavy atom. The SMILES string of the molecule is Cc1ccccc1S(=O)(=O)c1nc2[nH]ccc2n2c([C@@H]3CC[C@H](CNc4cc(C#N)ccn4)C3)nnc12. The highest BCUT2D eigenvalue weighted by molar-refractivity contribution is 7.91. The Kier molecular flexibility index (Phi) is 5.61. The Balaban J connectivity index is 1.34. The zero-order valence-corrected chi connectivity index (χ0v) is 20.9. The maximum absolute atomic E-state index is 13.7. The molecule has 0 radical (unpaired) electrons. The molecule has 4 heterocycles. The van der Waals surface area contributed by atoms with Crippen LogP contribution in [0, 0.1) is 24.2 Å². The van der Waals surface area contributed by atoms with Crippen LogP contribution in [-0.4, -0.2) is 44.5 Å². The number of sulfone groups is 1. The van der Waals surface area contributed by atoms with Crippen LogP contribution in [0.4, 0.5) is 5.82 Å². The molecule has 0 amide bonds. The maximum atomic E-state index is 13.7. The summed E-state index contributed by atoms with van der Waals surface area (Å²) in [4.78, 5) is 12.0. The molecule has 0 aliphatic heterocycles. The monoisotopic (exact) mass is 512 g/mol. The van der Waals surface area contributed by atoms with E-state index in [1.807, 2.05) is 16.5 Å². The number of anilines is 1. The van der Waals surface area contributed by atoms with Gasteiger partial charge in [0.2, 0.25) is 14.9 Å². The Labute approximate surface area is 213 Å². The summed E-state index contributed by atoms with van der Waals surface area (Å²) < 4.78 is 29.2. The summed E-state index contributed by atoms with van der Waals surface area (Å²) in [6.07, 6.45) is 6.14. The topological polar surface area (TPSA) is 142 Å². The van der Waals surface area contributed by atoms with Gasteiger partial charge in [-0.25, -0.2) is 18.4 Å². The average molecular weight is 513 g/mol. The Hall–Kier alpha value is -4.30. The second kappa shape index (κ2) is 8.97. The molecule has 1 aromatic carbocycles. The fourth-order valence-corrected chi connectivity index (χ4v) is 6.74. The van der Waals surface area contributed by atoms with Crippen LogP contribution in [-0.2, 0) is 9.84 Å². The molecule has 10 nitrogen and oxygen atoms in total. The van der Waals surface area contributed by atoms with Gasteiger partial charge < -0.3 is 10.3 Å². The number of nitrogens with zero attached hydrogens (tertiary/aromatic N) is 6. The number of hydrogen-bond acceptors (Lipinski definition) is 8. The molecule has 11 heteroatoms. The molecule has 37 heavy (non-hydrogen) atoms. The third-order valence-electron chi connectivity index (χ3n) is 7.04. The van der Waals surface area contributed by atoms with Gasteiger partial charge in [-0.3, -0.25) is 4.40 Å². The number of hydrogen-bond donors (Lipinski definition) is 2. The summed E-state index contributed by atoms with van der Waals surface area (Å²) in [5.74, 6) is 1.93. The third kappa shape index (κ3) is 3.99. The molecule has 0 spiro atoms. The Bertz CT molecular complexity index is 1780. The minimum absolute atomic E-state index is 0.102. The van der Waals surface area contributed by atoms with E-state index in [4.69, 9.17) is 5.26 Å². The minimum Gasteiger partial charge on any atom is -0.370 e. The van der Waals surface area contributed by atoms with Gasteiger partial charge in [-0.15, -0.1) is 10.2 Å². The quantitative estimate of drug-likeness (QED) is 0.348. The molecule has 186 valence electrons. The Morgan fingerprint density at radius 2 is 2.05 bits per heavy atom. The standard InChI is InChI=1S/C26H24N8O2S/c1-16-4-2-3-5-21(16)37(35,36)26-25-33-32-24(34(25)20-9-11-29-23(20)31-26)19-7-6-18(12-19)15-30-22-13-17(14-27)8-10-28-22/h2-5,8-11,13,18-19,29H,6-7,12,15H2,1H3,(H,28,30)/t18-,19+/m0/s1. The molecule has 5 aromatic rings. The molecule has 6 rings (SSSR count). The number of H-pyrrole nitrogens is 1. The van der Waals surface area contributed by atoms with E-state index in [0.717, 1.165) is 37.1 Å². The van der Waals surface area contributed by atoms with Crippen molar-refractivity contribution in [3.05, 3.63) is 71.8 Å². The zero-order chi connectivity index (χ0) is 25.6. The average Bonchev–Trinajstić information content (AvgIpc) is 3.66. The van der Waals surface area contributed by atoms with E-state index >= 15 is 0 Å². The zero-order valence-electron chi connectivity index (χ0n) is 20.1. The molecular weight excluding hydrogens is 488 g/mol. The number of nitriles is 1. The highest BCUT2D eigenvalue weighted by atomic mass is 32.2. The molecule has 4 aromatic heterocycles. The van der Waals surface area contributed by atoms with E-state index < -0.39 is 9.84 Å². The molecule has 0 bridgehead atoms. The van der Waals surface area contributed by atoms with Gasteiger partial charge in [-0.05, 0) is 61.9 Å². The number of rotatable bonds is 6. The number of aromatic amines is 1. The predicted octanol–water partition coefficient (Wildman–Crippen LogP) is 4.01. The highest BCUT2D eigenvalue weighted by Crippen LogP contribution is 2.39. The third-order valence-corrected chi connectivity index (χ3v) is 8.86. The van der Waals surface area contributed by atoms with Gasteiger partial charge >= 0.3 is 0 Å². The summed E-state index contributed by atoms with van der Waals surface area (Å²) in [5.41, 5.74) is 2.68. The number of pyridine rings is 1. The van der Waals surface area contributed by atoms with Gasteiger partial charge in [0.1, 0.15) is 11.6 Å². The van der Waals surface area contributed by atoms with E-state index in [1.165, 1.54) is 0 Å². The van der Waals surface area contributed by atoms with Crippen LogP contribution in [0.5, 0.6) is 0 Å². The Morgan fingerprint density at radius 3 is 2.89 bits per heavy atom. The molecular formula is C26H24N8O2S. The number of aromatic nitrogens is 6. The first kappa shape index (κ1) is 23.1. The van der Waals surface area contributed by atoms with Crippen molar-refractivity contribution in [2.45, 2.75) is 42.0 Å². The number of nitrogens with one attached hydrogen (secondary N) is 2. The van der Waals surface area contributed by atoms with Crippen molar-refractivity contribution in [2.75, 3.05) is 11.9 Å². The summed E-state index contributed by atoms with van der Waals surface area (Å²) in [6.45, 7) is 2.49. The van der Waals surface area contributed by atoms with Crippen LogP contribution in [0.3, 0.4) is 0 Å². The van der Waals surface area contributed by atoms with Crippen molar-refractivity contribution in [3.8, 4) is 6.07 Å². The largest absolute Gasteiger partial charge is 0.370 e. The second-order valence-corrected chi connectivity index (χ2v) is 11.2. The fourth-order valence-electron chi connectivity index (χ4n) is 5.19. The smallest absolute Gasteiger partial charge is 0.228 e. The van der Waals surface area contributed by atoms with E-state index in [1.54, 1.807) is 49.6 Å². The minimum atomic E-state index is -3.93. The lowest BCUT2D eigenvalue weighted by Crippen LogP contribution is -2.13. The van der Waals surface area contributed by atoms with Crippen molar-refractivity contribution >= 4 is 32.5 Å². The molecule has 0 unspecified atom stereocenters. The molecule has 1 aliphatic rings. The van der Waals surface area contributed by atoms with Crippen LogP contribution in [0.15, 0.2) is 64.8 Å². The first-order valence-electron chi connectivity index (χ1n) is 12.1. The first-order chi connectivity index (χ1) is 18.0. The predicted molar refractivity (Wildman–Crippen MR) is 137 cm³/mol. The molecule has 1 fully saturated rings. The van der Waals surface area contributed by atoms with Crippen LogP contribution in [0.1, 0.15) is 42.1 Å². The van der Waals surface area contributed by atoms with Crippen molar-refractivity contribution < 1.29 is 8.42 Å². The number of fused-ring (bicyclic) bond motifs is 3. The highest BCUT2D eigenvalue weighted by Gasteiger charge is 2.33. The second-order valence-electron chi connectivity index (χ2n) is 9.41. The van der Waals surface area contributed by atoms with Gasteiger partial charge in [0.15, 0.2) is 11.3 Å². The van der Waals surface area contributed by atoms with E-state index in [9.17, 15) is 8.42 Å². The molecule has 1 saturated carbocycles. The van der Waals surface area contributed by atoms with Gasteiger partial charge in [-0.2, -0.15) is 5.26 Å². The van der Waals surface area contributed by atoms with Gasteiger partial charge in [-0.1, -0.05) is 18.2 Å². The van der Waals surface area contributed by atoms with Crippen molar-refractivity contribution in [1.29, 1.82) is 5.26 Å². The van der Waals surface area contributed by atoms with Crippen LogP contribution in [0.2, 0.25) is 0 Å². The summed E-state index contributed by atoms with van der Waals surface area (Å²) in [6, 6.07) is 14.3.